The number of amides is 1. The maximum atomic E-state index is 13.4. The lowest BCUT2D eigenvalue weighted by molar-refractivity contribution is -0.122. The molecule has 0 saturated carbocycles. The van der Waals surface area contributed by atoms with Crippen molar-refractivity contribution < 1.29 is 9.18 Å². The Hall–Kier alpha value is -1.13. The zero-order valence-corrected chi connectivity index (χ0v) is 10.1. The van der Waals surface area contributed by atoms with Crippen LogP contribution in [0.1, 0.15) is 18.4 Å². The third-order valence-corrected chi connectivity index (χ3v) is 3.08. The van der Waals surface area contributed by atoms with Crippen LogP contribution in [0.5, 0.6) is 0 Å². The van der Waals surface area contributed by atoms with Crippen molar-refractivity contribution in [3.63, 3.8) is 0 Å². The average molecular weight is 257 g/mol. The fourth-order valence-corrected chi connectivity index (χ4v) is 2.04. The highest BCUT2D eigenvalue weighted by molar-refractivity contribution is 6.30. The van der Waals surface area contributed by atoms with E-state index in [1.54, 1.807) is 12.1 Å². The largest absolute Gasteiger partial charge is 0.351 e. The van der Waals surface area contributed by atoms with E-state index in [2.05, 4.69) is 10.6 Å². The Morgan fingerprint density at radius 2 is 2.41 bits per heavy atom. The summed E-state index contributed by atoms with van der Waals surface area (Å²) in [5.41, 5.74) is 0.445. The van der Waals surface area contributed by atoms with Crippen molar-refractivity contribution in [3.8, 4) is 0 Å². The van der Waals surface area contributed by atoms with Gasteiger partial charge in [-0.2, -0.15) is 0 Å². The number of nitrogens with one attached hydrogen (secondary N) is 2. The number of hydrogen-bond acceptors (Lipinski definition) is 2. The first kappa shape index (κ1) is 12.3. The molecule has 0 bridgehead atoms. The van der Waals surface area contributed by atoms with E-state index in [0.29, 0.717) is 10.6 Å². The Labute approximate surface area is 104 Å². The van der Waals surface area contributed by atoms with Crippen LogP contribution >= 0.6 is 11.6 Å². The van der Waals surface area contributed by atoms with Crippen LogP contribution in [-0.2, 0) is 11.3 Å². The average Bonchev–Trinajstić information content (AvgIpc) is 2.81. The van der Waals surface area contributed by atoms with Crippen LogP contribution in [0, 0.1) is 5.82 Å². The molecule has 1 aliphatic heterocycles. The van der Waals surface area contributed by atoms with Crippen molar-refractivity contribution >= 4 is 17.5 Å². The Kier molecular flexibility index (Phi) is 3.97. The molecule has 1 aliphatic rings. The summed E-state index contributed by atoms with van der Waals surface area (Å²) in [7, 11) is 0. The summed E-state index contributed by atoms with van der Waals surface area (Å²) in [5.74, 6) is -0.464. The third kappa shape index (κ3) is 3.17. The van der Waals surface area contributed by atoms with Gasteiger partial charge >= 0.3 is 0 Å². The predicted octanol–water partition coefficient (Wildman–Crippen LogP) is 1.85. The number of rotatable bonds is 3. The molecule has 1 aromatic carbocycles. The van der Waals surface area contributed by atoms with Gasteiger partial charge in [0.15, 0.2) is 0 Å². The molecule has 5 heteroatoms. The van der Waals surface area contributed by atoms with Crippen molar-refractivity contribution in [3.05, 3.63) is 34.6 Å². The van der Waals surface area contributed by atoms with Gasteiger partial charge in [-0.3, -0.25) is 4.79 Å². The number of carbonyl (C=O) groups excluding carboxylic acids is 1. The van der Waals surface area contributed by atoms with Crippen molar-refractivity contribution in [1.29, 1.82) is 0 Å². The summed E-state index contributed by atoms with van der Waals surface area (Å²) in [6, 6.07) is 4.31. The molecule has 1 saturated heterocycles. The van der Waals surface area contributed by atoms with Gasteiger partial charge in [0.1, 0.15) is 5.82 Å². The molecule has 92 valence electrons. The number of carbonyl (C=O) groups is 1. The molecule has 0 aliphatic carbocycles. The van der Waals surface area contributed by atoms with E-state index in [1.807, 2.05) is 0 Å². The highest BCUT2D eigenvalue weighted by Crippen LogP contribution is 2.14. The highest BCUT2D eigenvalue weighted by Gasteiger charge is 2.21. The molecule has 2 rings (SSSR count). The molecule has 1 amide bonds. The predicted molar refractivity (Wildman–Crippen MR) is 64.3 cm³/mol. The standard InChI is InChI=1S/C12H14ClFN2O/c13-9-4-3-8(10(14)6-9)7-16-12(17)11-2-1-5-15-11/h3-4,6,11,15H,1-2,5,7H2,(H,16,17). The summed E-state index contributed by atoms with van der Waals surface area (Å²) < 4.78 is 13.4. The molecule has 1 heterocycles. The fraction of sp³-hybridized carbons (Fsp3) is 0.417. The van der Waals surface area contributed by atoms with Crippen molar-refractivity contribution in [2.45, 2.75) is 25.4 Å². The van der Waals surface area contributed by atoms with E-state index in [1.165, 1.54) is 6.07 Å². The quantitative estimate of drug-likeness (QED) is 0.867. The van der Waals surface area contributed by atoms with E-state index < -0.39 is 5.82 Å². The van der Waals surface area contributed by atoms with Crippen LogP contribution in [0.15, 0.2) is 18.2 Å². The molecule has 1 fully saturated rings. The van der Waals surface area contributed by atoms with Gasteiger partial charge in [-0.05, 0) is 31.5 Å². The lowest BCUT2D eigenvalue weighted by Gasteiger charge is -2.11. The van der Waals surface area contributed by atoms with E-state index in [0.717, 1.165) is 19.4 Å². The number of hydrogen-bond donors (Lipinski definition) is 2. The van der Waals surface area contributed by atoms with Gasteiger partial charge in [0.2, 0.25) is 5.91 Å². The van der Waals surface area contributed by atoms with Gasteiger partial charge in [-0.25, -0.2) is 4.39 Å². The molecule has 1 aromatic rings. The van der Waals surface area contributed by atoms with Crippen LogP contribution < -0.4 is 10.6 Å². The van der Waals surface area contributed by atoms with Crippen molar-refractivity contribution in [2.24, 2.45) is 0 Å². The minimum Gasteiger partial charge on any atom is -0.351 e. The van der Waals surface area contributed by atoms with Crippen LogP contribution in [0.4, 0.5) is 4.39 Å². The molecule has 3 nitrogen and oxygen atoms in total. The third-order valence-electron chi connectivity index (χ3n) is 2.84. The molecule has 1 atom stereocenters. The number of halogens is 2. The van der Waals surface area contributed by atoms with Gasteiger partial charge in [0, 0.05) is 17.1 Å². The molecular formula is C12H14ClFN2O. The monoisotopic (exact) mass is 256 g/mol. The SMILES string of the molecule is O=C(NCc1ccc(Cl)cc1F)C1CCCN1. The van der Waals surface area contributed by atoms with Crippen LogP contribution in [0.3, 0.4) is 0 Å². The minimum absolute atomic E-state index is 0.0724. The van der Waals surface area contributed by atoms with Crippen molar-refractivity contribution in [2.75, 3.05) is 6.54 Å². The van der Waals surface area contributed by atoms with Crippen molar-refractivity contribution in [1.82, 2.24) is 10.6 Å². The number of benzene rings is 1. The van der Waals surface area contributed by atoms with Gasteiger partial charge in [-0.15, -0.1) is 0 Å². The topological polar surface area (TPSA) is 41.1 Å². The molecule has 0 radical (unpaired) electrons. The van der Waals surface area contributed by atoms with Crippen LogP contribution in [0.2, 0.25) is 5.02 Å². The summed E-state index contributed by atoms with van der Waals surface area (Å²) in [5, 5.41) is 6.16. The summed E-state index contributed by atoms with van der Waals surface area (Å²) in [4.78, 5) is 11.7. The lowest BCUT2D eigenvalue weighted by Crippen LogP contribution is -2.40. The zero-order chi connectivity index (χ0) is 12.3. The van der Waals surface area contributed by atoms with Crippen LogP contribution in [-0.4, -0.2) is 18.5 Å². The maximum absolute atomic E-state index is 13.4. The second-order valence-electron chi connectivity index (χ2n) is 4.10. The molecule has 1 unspecified atom stereocenters. The summed E-state index contributed by atoms with van der Waals surface area (Å²) >= 11 is 5.65. The first-order chi connectivity index (χ1) is 8.16. The maximum Gasteiger partial charge on any atom is 0.237 e. The molecular weight excluding hydrogens is 243 g/mol. The summed E-state index contributed by atoms with van der Waals surface area (Å²) in [6.45, 7) is 1.06. The highest BCUT2D eigenvalue weighted by atomic mass is 35.5. The lowest BCUT2D eigenvalue weighted by atomic mass is 10.2. The molecule has 17 heavy (non-hydrogen) atoms. The second-order valence-corrected chi connectivity index (χ2v) is 4.54. The van der Waals surface area contributed by atoms with E-state index in [-0.39, 0.29) is 18.5 Å². The Bertz CT molecular complexity index is 419. The van der Waals surface area contributed by atoms with Gasteiger partial charge in [0.25, 0.3) is 0 Å². The zero-order valence-electron chi connectivity index (χ0n) is 9.30. The Morgan fingerprint density at radius 1 is 1.59 bits per heavy atom. The second kappa shape index (κ2) is 5.47. The van der Waals surface area contributed by atoms with E-state index in [4.69, 9.17) is 11.6 Å². The van der Waals surface area contributed by atoms with Gasteiger partial charge in [-0.1, -0.05) is 17.7 Å². The summed E-state index contributed by atoms with van der Waals surface area (Å²) in [6.07, 6.45) is 1.85. The minimum atomic E-state index is -0.391. The first-order valence-corrected chi connectivity index (χ1v) is 5.99. The van der Waals surface area contributed by atoms with Gasteiger partial charge < -0.3 is 10.6 Å². The molecule has 0 aromatic heterocycles. The molecule has 2 N–H and O–H groups in total. The Morgan fingerprint density at radius 3 is 3.06 bits per heavy atom. The molecule has 0 spiro atoms. The first-order valence-electron chi connectivity index (χ1n) is 5.62. The van der Waals surface area contributed by atoms with E-state index in [9.17, 15) is 9.18 Å². The normalized spacial score (nSPS) is 19.3. The van der Waals surface area contributed by atoms with Gasteiger partial charge in [0.05, 0.1) is 6.04 Å². The fourth-order valence-electron chi connectivity index (χ4n) is 1.88. The van der Waals surface area contributed by atoms with Crippen LogP contribution in [0.25, 0.3) is 0 Å². The smallest absolute Gasteiger partial charge is 0.237 e. The van der Waals surface area contributed by atoms with E-state index >= 15 is 0 Å². The Balaban J connectivity index is 1.90.